The molecule has 0 saturated carbocycles. The predicted molar refractivity (Wildman–Crippen MR) is 71.9 cm³/mol. The van der Waals surface area contributed by atoms with Gasteiger partial charge in [-0.2, -0.15) is 0 Å². The number of ether oxygens (including phenoxy) is 2. The van der Waals surface area contributed by atoms with E-state index in [-0.39, 0.29) is 11.9 Å². The smallest absolute Gasteiger partial charge is 0.307 e. The normalized spacial score (nSPS) is 14.6. The summed E-state index contributed by atoms with van der Waals surface area (Å²) in [5.41, 5.74) is 2.07. The van der Waals surface area contributed by atoms with Crippen molar-refractivity contribution in [3.8, 4) is 0 Å². The predicted octanol–water partition coefficient (Wildman–Crippen LogP) is 3.40. The first-order valence-corrected chi connectivity index (χ1v) is 6.31. The summed E-state index contributed by atoms with van der Waals surface area (Å²) in [5.74, 6) is 0.638. The van der Waals surface area contributed by atoms with Crippen LogP contribution >= 0.6 is 0 Å². The fourth-order valence-electron chi connectivity index (χ4n) is 1.79. The van der Waals surface area contributed by atoms with Gasteiger partial charge < -0.3 is 9.47 Å². The van der Waals surface area contributed by atoms with E-state index >= 15 is 0 Å². The second kappa shape index (κ2) is 6.92. The maximum atomic E-state index is 11.1. The minimum Gasteiger partial charge on any atom is -0.431 e. The van der Waals surface area contributed by atoms with E-state index in [2.05, 4.69) is 0 Å². The molecule has 0 fully saturated rings. The van der Waals surface area contributed by atoms with Gasteiger partial charge in [0.05, 0.1) is 0 Å². The Labute approximate surface area is 113 Å². The fraction of sp³-hybridized carbons (Fsp3) is 0.467. The lowest BCUT2D eigenvalue weighted by molar-refractivity contribution is -0.139. The van der Waals surface area contributed by atoms with E-state index in [0.717, 1.165) is 5.57 Å². The van der Waals surface area contributed by atoms with Gasteiger partial charge in [-0.1, -0.05) is 11.6 Å². The van der Waals surface area contributed by atoms with Crippen LogP contribution in [-0.4, -0.2) is 11.9 Å². The number of carbonyl (C=O) groups is 2. The molecule has 4 nitrogen and oxygen atoms in total. The Bertz CT molecular complexity index is 463. The molecule has 0 aromatic heterocycles. The van der Waals surface area contributed by atoms with Crippen LogP contribution in [0.3, 0.4) is 0 Å². The molecule has 0 heterocycles. The average molecular weight is 264 g/mol. The van der Waals surface area contributed by atoms with Crippen LogP contribution in [0.2, 0.25) is 0 Å². The van der Waals surface area contributed by atoms with E-state index in [4.69, 9.17) is 9.47 Å². The summed E-state index contributed by atoms with van der Waals surface area (Å²) in [6.45, 7) is 6.77. The third kappa shape index (κ3) is 5.55. The molecule has 0 unspecified atom stereocenters. The Morgan fingerprint density at radius 1 is 1.11 bits per heavy atom. The van der Waals surface area contributed by atoms with E-state index < -0.39 is 0 Å². The summed E-state index contributed by atoms with van der Waals surface area (Å²) >= 11 is 0. The van der Waals surface area contributed by atoms with E-state index in [9.17, 15) is 9.59 Å². The Morgan fingerprint density at radius 2 is 1.74 bits per heavy atom. The number of allylic oxidation sites excluding steroid dienone is 6. The van der Waals surface area contributed by atoms with Gasteiger partial charge in [-0.05, 0) is 31.9 Å². The maximum absolute atomic E-state index is 11.1. The van der Waals surface area contributed by atoms with Gasteiger partial charge in [0.2, 0.25) is 0 Å². The third-order valence-corrected chi connectivity index (χ3v) is 2.56. The molecular formula is C15H20O4. The van der Waals surface area contributed by atoms with Crippen molar-refractivity contribution in [3.63, 3.8) is 0 Å². The first-order valence-electron chi connectivity index (χ1n) is 6.31. The molecule has 0 aromatic rings. The van der Waals surface area contributed by atoms with Crippen LogP contribution in [0.25, 0.3) is 0 Å². The van der Waals surface area contributed by atoms with Crippen molar-refractivity contribution >= 4 is 11.9 Å². The number of hydrogen-bond acceptors (Lipinski definition) is 4. The highest BCUT2D eigenvalue weighted by molar-refractivity contribution is 5.68. The molecule has 0 amide bonds. The lowest BCUT2D eigenvalue weighted by Gasteiger charge is -2.18. The monoisotopic (exact) mass is 264 g/mol. The molecule has 0 aliphatic heterocycles. The summed E-state index contributed by atoms with van der Waals surface area (Å²) in [7, 11) is 0. The van der Waals surface area contributed by atoms with Gasteiger partial charge in [-0.3, -0.25) is 9.59 Å². The Hall–Kier alpha value is -1.84. The molecule has 0 aromatic carbocycles. The van der Waals surface area contributed by atoms with E-state index in [1.165, 1.54) is 19.4 Å². The average Bonchev–Trinajstić information content (AvgIpc) is 2.27. The van der Waals surface area contributed by atoms with Crippen LogP contribution in [0.5, 0.6) is 0 Å². The Morgan fingerprint density at radius 3 is 2.26 bits per heavy atom. The van der Waals surface area contributed by atoms with Crippen LogP contribution in [0.1, 0.15) is 47.0 Å². The van der Waals surface area contributed by atoms with Gasteiger partial charge in [-0.25, -0.2) is 0 Å². The summed E-state index contributed by atoms with van der Waals surface area (Å²) in [4.78, 5) is 22.0. The highest BCUT2D eigenvalue weighted by atomic mass is 16.5. The first kappa shape index (κ1) is 15.2. The Balaban J connectivity index is 2.96. The molecule has 1 aliphatic carbocycles. The summed E-state index contributed by atoms with van der Waals surface area (Å²) in [6, 6.07) is 0. The standard InChI is InChI=1S/C15H20O4/c1-10(2)5-6-13-9-14(18-11(3)16)7-8-15(13)19-12(4)17/h5,9H,6-8H2,1-4H3. The molecule has 0 N–H and O–H groups in total. The number of carbonyl (C=O) groups excluding carboxylic acids is 2. The number of esters is 2. The van der Waals surface area contributed by atoms with E-state index in [0.29, 0.717) is 30.8 Å². The van der Waals surface area contributed by atoms with Crippen LogP contribution in [0, 0.1) is 0 Å². The van der Waals surface area contributed by atoms with Crippen LogP contribution in [0.4, 0.5) is 0 Å². The van der Waals surface area contributed by atoms with Crippen LogP contribution in [-0.2, 0) is 19.1 Å². The minimum atomic E-state index is -0.330. The lowest BCUT2D eigenvalue weighted by Crippen LogP contribution is -2.09. The van der Waals surface area contributed by atoms with Gasteiger partial charge in [0.15, 0.2) is 0 Å². The van der Waals surface area contributed by atoms with Crippen molar-refractivity contribution in [2.45, 2.75) is 47.0 Å². The van der Waals surface area contributed by atoms with Crippen molar-refractivity contribution in [3.05, 3.63) is 34.8 Å². The van der Waals surface area contributed by atoms with Gasteiger partial charge in [0.1, 0.15) is 11.5 Å². The van der Waals surface area contributed by atoms with E-state index in [1.54, 1.807) is 6.08 Å². The van der Waals surface area contributed by atoms with Gasteiger partial charge in [0.25, 0.3) is 0 Å². The molecule has 1 aliphatic rings. The minimum absolute atomic E-state index is 0.325. The van der Waals surface area contributed by atoms with E-state index in [1.807, 2.05) is 19.9 Å². The highest BCUT2D eigenvalue weighted by Gasteiger charge is 2.17. The quantitative estimate of drug-likeness (QED) is 0.577. The largest absolute Gasteiger partial charge is 0.431 e. The fourth-order valence-corrected chi connectivity index (χ4v) is 1.79. The van der Waals surface area contributed by atoms with Crippen molar-refractivity contribution in [2.75, 3.05) is 0 Å². The zero-order valence-corrected chi connectivity index (χ0v) is 11.9. The zero-order chi connectivity index (χ0) is 14.4. The van der Waals surface area contributed by atoms with Crippen molar-refractivity contribution in [2.24, 2.45) is 0 Å². The SMILES string of the molecule is CC(=O)OC1=CC(CC=C(C)C)=C(OC(C)=O)CC1. The molecule has 0 bridgehead atoms. The molecular weight excluding hydrogens is 244 g/mol. The summed E-state index contributed by atoms with van der Waals surface area (Å²) in [5, 5.41) is 0. The van der Waals surface area contributed by atoms with Gasteiger partial charge >= 0.3 is 11.9 Å². The second-order valence-electron chi connectivity index (χ2n) is 4.73. The highest BCUT2D eigenvalue weighted by Crippen LogP contribution is 2.28. The molecule has 1 rings (SSSR count). The Kier molecular flexibility index (Phi) is 5.55. The van der Waals surface area contributed by atoms with Crippen molar-refractivity contribution in [1.29, 1.82) is 0 Å². The summed E-state index contributed by atoms with van der Waals surface area (Å²) < 4.78 is 10.3. The first-order chi connectivity index (χ1) is 8.88. The molecule has 0 radical (unpaired) electrons. The zero-order valence-electron chi connectivity index (χ0n) is 11.9. The third-order valence-electron chi connectivity index (χ3n) is 2.56. The van der Waals surface area contributed by atoms with Crippen molar-refractivity contribution < 1.29 is 19.1 Å². The topological polar surface area (TPSA) is 52.6 Å². The lowest BCUT2D eigenvalue weighted by atomic mass is 10.00. The van der Waals surface area contributed by atoms with Gasteiger partial charge in [-0.15, -0.1) is 0 Å². The molecule has 0 spiro atoms. The number of rotatable bonds is 4. The van der Waals surface area contributed by atoms with Crippen LogP contribution in [0.15, 0.2) is 34.8 Å². The molecule has 104 valence electrons. The van der Waals surface area contributed by atoms with Crippen LogP contribution < -0.4 is 0 Å². The molecule has 19 heavy (non-hydrogen) atoms. The molecule has 0 saturated heterocycles. The number of hydrogen-bond donors (Lipinski definition) is 0. The second-order valence-corrected chi connectivity index (χ2v) is 4.73. The van der Waals surface area contributed by atoms with Crippen molar-refractivity contribution in [1.82, 2.24) is 0 Å². The molecule has 4 heteroatoms. The van der Waals surface area contributed by atoms with Gasteiger partial charge in [0, 0.05) is 26.7 Å². The summed E-state index contributed by atoms with van der Waals surface area (Å²) in [6.07, 6.45) is 5.65. The molecule has 0 atom stereocenters. The maximum Gasteiger partial charge on any atom is 0.307 e.